The highest BCUT2D eigenvalue weighted by Crippen LogP contribution is 2.59. The lowest BCUT2D eigenvalue weighted by Crippen LogP contribution is -2.58. The third-order valence-corrected chi connectivity index (χ3v) is 29.5. The van der Waals surface area contributed by atoms with Crippen molar-refractivity contribution in [2.75, 3.05) is 24.5 Å². The number of rotatable bonds is 8. The zero-order valence-electron chi connectivity index (χ0n) is 82.6. The van der Waals surface area contributed by atoms with Crippen molar-refractivity contribution in [1.29, 1.82) is 0 Å². The van der Waals surface area contributed by atoms with Crippen molar-refractivity contribution in [3.63, 3.8) is 0 Å². The number of para-hydroxylation sites is 5. The van der Waals surface area contributed by atoms with E-state index in [-0.39, 0.29) is 61.6 Å². The molecule has 0 bridgehead atoms. The van der Waals surface area contributed by atoms with Gasteiger partial charge in [0.1, 0.15) is 30.8 Å². The van der Waals surface area contributed by atoms with Gasteiger partial charge in [0.25, 0.3) is 0 Å². The Morgan fingerprint density at radius 3 is 0.902 bits per heavy atom. The van der Waals surface area contributed by atoms with E-state index in [4.69, 9.17) is 1.37 Å². The summed E-state index contributed by atoms with van der Waals surface area (Å²) in [7, 11) is 0. The summed E-state index contributed by atoms with van der Waals surface area (Å²) in [5.74, 6) is 1.53. The summed E-state index contributed by atoms with van der Waals surface area (Å²) in [4.78, 5) is 25.8. The monoisotopic (exact) mass is 1650 g/mol. The predicted octanol–water partition coefficient (Wildman–Crippen LogP) is 28.8. The minimum absolute atomic E-state index is 0.0274. The molecule has 18 rings (SSSR count). The summed E-state index contributed by atoms with van der Waals surface area (Å²) in [6.45, 7) is 71.5. The average molecular weight is 1650 g/mol. The Labute approximate surface area is 747 Å². The minimum Gasteiger partial charge on any atom is -0.343 e. The van der Waals surface area contributed by atoms with E-state index in [1.807, 2.05) is 13.0 Å². The summed E-state index contributed by atoms with van der Waals surface area (Å²) < 4.78 is 8.70. The number of benzene rings is 6. The van der Waals surface area contributed by atoms with E-state index < -0.39 is 6.02 Å². The van der Waals surface area contributed by atoms with Gasteiger partial charge in [0, 0.05) is 90.0 Å². The molecule has 2 aliphatic carbocycles. The van der Waals surface area contributed by atoms with Crippen molar-refractivity contribution in [1.82, 2.24) is 24.5 Å². The molecular formula is C113H154N10. The smallest absolute Gasteiger partial charge is 0.112 e. The Balaban J connectivity index is 0.000000127. The Kier molecular flexibility index (Phi) is 23.9. The highest BCUT2D eigenvalue weighted by atomic mass is 15.5. The molecule has 6 aromatic rings. The molecule has 0 amide bonds. The number of hydrogen-bond acceptors (Lipinski definition) is 10. The molecule has 9 atom stereocenters. The van der Waals surface area contributed by atoms with Gasteiger partial charge in [-0.05, 0) is 242 Å². The van der Waals surface area contributed by atoms with E-state index in [9.17, 15) is 0 Å². The van der Waals surface area contributed by atoms with Crippen LogP contribution < -0.4 is 24.5 Å². The molecule has 0 N–H and O–H groups in total. The van der Waals surface area contributed by atoms with Gasteiger partial charge in [-0.15, -0.1) is 0 Å². The van der Waals surface area contributed by atoms with Crippen LogP contribution in [0.1, 0.15) is 273 Å². The van der Waals surface area contributed by atoms with Crippen molar-refractivity contribution >= 4 is 28.4 Å². The van der Waals surface area contributed by atoms with E-state index >= 15 is 0 Å². The van der Waals surface area contributed by atoms with Gasteiger partial charge in [-0.2, -0.15) is 0 Å². The third-order valence-electron chi connectivity index (χ3n) is 29.5. The Morgan fingerprint density at radius 1 is 0.293 bits per heavy atom. The van der Waals surface area contributed by atoms with Crippen molar-refractivity contribution in [3.05, 3.63) is 303 Å². The number of aryl methyl sites for hydroxylation is 5. The van der Waals surface area contributed by atoms with Gasteiger partial charge >= 0.3 is 0 Å². The molecule has 0 spiro atoms. The Hall–Kier alpha value is -9.28. The van der Waals surface area contributed by atoms with Crippen molar-refractivity contribution in [2.45, 2.75) is 331 Å². The van der Waals surface area contributed by atoms with Gasteiger partial charge in [-0.3, -0.25) is 0 Å². The maximum atomic E-state index is 8.70. The fraction of sp³-hybridized carbons (Fsp3) is 0.504. The van der Waals surface area contributed by atoms with Gasteiger partial charge in [0.15, 0.2) is 0 Å². The number of nitrogens with zero attached hydrogens (tertiary/aromatic N) is 10. The van der Waals surface area contributed by atoms with E-state index in [0.717, 1.165) is 11.8 Å². The van der Waals surface area contributed by atoms with Gasteiger partial charge in [0.2, 0.25) is 0 Å². The molecule has 0 aromatic heterocycles. The number of fused-ring (bicyclic) bond motifs is 5. The Bertz CT molecular complexity index is 5180. The fourth-order valence-corrected chi connectivity index (χ4v) is 23.3. The van der Waals surface area contributed by atoms with Crippen molar-refractivity contribution < 1.29 is 1.37 Å². The number of allylic oxidation sites excluding steroid dienone is 10. The highest BCUT2D eigenvalue weighted by Gasteiger charge is 2.59. The zero-order valence-corrected chi connectivity index (χ0v) is 81.6. The Morgan fingerprint density at radius 2 is 0.561 bits per heavy atom. The van der Waals surface area contributed by atoms with E-state index in [0.29, 0.717) is 18.5 Å². The lowest BCUT2D eigenvalue weighted by atomic mass is 9.74. The zero-order chi connectivity index (χ0) is 90.1. The molecule has 123 heavy (non-hydrogen) atoms. The molecule has 656 valence electrons. The molecule has 2 fully saturated rings. The molecular weight excluding hydrogens is 1500 g/mol. The predicted molar refractivity (Wildman–Crippen MR) is 526 cm³/mol. The highest BCUT2D eigenvalue weighted by molar-refractivity contribution is 5.69. The summed E-state index contributed by atoms with van der Waals surface area (Å²) in [6.07, 6.45) is 37.1. The first kappa shape index (κ1) is 88.6. The third kappa shape index (κ3) is 16.0. The first-order valence-corrected chi connectivity index (χ1v) is 46.8. The van der Waals surface area contributed by atoms with Gasteiger partial charge < -0.3 is 49.0 Å². The lowest BCUT2D eigenvalue weighted by molar-refractivity contribution is 0.0418. The van der Waals surface area contributed by atoms with E-state index in [1.54, 1.807) is 0 Å². The maximum Gasteiger partial charge on any atom is 0.112 e. The van der Waals surface area contributed by atoms with Crippen LogP contribution in [0.15, 0.2) is 269 Å². The molecule has 10 nitrogen and oxygen atoms in total. The van der Waals surface area contributed by atoms with Crippen LogP contribution in [-0.4, -0.2) is 78.0 Å². The second-order valence-corrected chi connectivity index (χ2v) is 44.4. The molecule has 12 aliphatic rings. The summed E-state index contributed by atoms with van der Waals surface area (Å²) in [6, 6.07) is 53.9. The molecule has 0 saturated heterocycles. The molecule has 6 aromatic carbocycles. The first-order chi connectivity index (χ1) is 58.0. The van der Waals surface area contributed by atoms with Gasteiger partial charge in [0.05, 0.1) is 52.0 Å². The van der Waals surface area contributed by atoms with Gasteiger partial charge in [-0.25, -0.2) is 0 Å². The molecule has 0 radical (unpaired) electrons. The maximum absolute atomic E-state index is 8.70. The van der Waals surface area contributed by atoms with Crippen LogP contribution in [0.25, 0.3) is 0 Å². The van der Waals surface area contributed by atoms with Crippen LogP contribution in [0.3, 0.4) is 0 Å². The first-order valence-electron chi connectivity index (χ1n) is 47.3. The average Bonchev–Trinajstić information content (AvgIpc) is 1.59. The largest absolute Gasteiger partial charge is 0.343 e. The second kappa shape index (κ2) is 33.2. The number of anilines is 5. The molecule has 2 saturated carbocycles. The SMILES string of the molecule is CC1=C2C=CC(C)(C)N2C(C(C)(C)C)N1c1ccccc1C.CC1=C2C=CC(C)(C3CCCC3)N2C(C(C)(C)C)N1c1ccccc1C.CC1=C2C=CC(C)(C3CCCCC3)N2C(C(C)(C)C)N1c1ccccc1C.CC1=C2C=CC(C)(c3ccccc3)N2C(C(C)(C)C)N1c1ccccc1C.[2H]C1(C)C=CC2=C(C)N(c3ccccc3C)C(C(C)(C)C)N21. The lowest BCUT2D eigenvalue weighted by Gasteiger charge is -2.51. The fourth-order valence-electron chi connectivity index (χ4n) is 23.3. The van der Waals surface area contributed by atoms with Crippen LogP contribution in [0.5, 0.6) is 0 Å². The van der Waals surface area contributed by atoms with Gasteiger partial charge in [-0.1, -0.05) is 288 Å². The normalized spacial score (nSPS) is 27.2. The molecule has 9 unspecified atom stereocenters. The number of hydrogen-bond donors (Lipinski definition) is 0. The quantitative estimate of drug-likeness (QED) is 0.147. The molecule has 10 aliphatic heterocycles. The van der Waals surface area contributed by atoms with Crippen LogP contribution in [0.2, 0.25) is 0 Å². The molecule has 10 heteroatoms. The minimum atomic E-state index is -0.689. The van der Waals surface area contributed by atoms with Crippen LogP contribution in [0.4, 0.5) is 28.4 Å². The summed E-state index contributed by atoms with van der Waals surface area (Å²) in [5, 5.41) is 0. The molecule has 10 heterocycles. The van der Waals surface area contributed by atoms with Crippen LogP contribution in [-0.2, 0) is 5.54 Å². The van der Waals surface area contributed by atoms with Crippen LogP contribution >= 0.6 is 0 Å². The van der Waals surface area contributed by atoms with E-state index in [1.165, 1.54) is 177 Å². The summed E-state index contributed by atoms with van der Waals surface area (Å²) in [5.41, 5.74) is 28.8. The van der Waals surface area contributed by atoms with E-state index in [2.05, 4.69) is 463 Å². The topological polar surface area (TPSA) is 32.4 Å². The second-order valence-electron chi connectivity index (χ2n) is 44.4. The standard InChI is InChI=1S/C25H36N2.C25H30N2.C24H34N2.C20H28N2.C19H26N2/c2*1-18-12-10-11-15-21(18)26-19(2)22-16-17-25(6,20-13-8-7-9-14-20)27(22)23(26)24(3,4)5;1-17-11-7-10-14-20(17)25-18(2)21-15-16-24(6,19-12-8-9-13-19)26(21)22(25)23(3,4)5;1-14-10-8-9-11-16(14)21-15(2)17-12-13-20(6,7)22(17)18(21)19(3,4)5;1-13-9-7-8-10-16(13)21-15(3)17-12-11-14(2)20(17)18(21)19(4,5)6/h10-12,15-17,20,23H,7-9,13-14H2,1-6H3;7-17,23H,1-6H3;7,10-11,14-16,19,22H,8-9,12-13H2,1-6H3;8-13,18H,1-7H3;7-12,14,18H,1-6H3/i;;;;14D. The summed E-state index contributed by atoms with van der Waals surface area (Å²) >= 11 is 0. The van der Waals surface area contributed by atoms with Crippen LogP contribution in [0, 0.1) is 73.5 Å². The van der Waals surface area contributed by atoms with Crippen molar-refractivity contribution in [3.8, 4) is 0 Å². The van der Waals surface area contributed by atoms with Crippen molar-refractivity contribution in [2.24, 2.45) is 38.9 Å².